The van der Waals surface area contributed by atoms with Crippen LogP contribution in [-0.4, -0.2) is 69.3 Å². The summed E-state index contributed by atoms with van der Waals surface area (Å²) in [6, 6.07) is 5.62. The van der Waals surface area contributed by atoms with Gasteiger partial charge in [-0.15, -0.1) is 0 Å². The Balaban J connectivity index is 1.38. The number of carbonyl (C=O) groups excluding carboxylic acids is 1. The lowest BCUT2D eigenvalue weighted by molar-refractivity contribution is 0.0313. The molecule has 2 fully saturated rings. The number of hydrogen-bond donors (Lipinski definition) is 2. The van der Waals surface area contributed by atoms with Crippen molar-refractivity contribution in [2.45, 2.75) is 31.4 Å². The summed E-state index contributed by atoms with van der Waals surface area (Å²) in [5.41, 5.74) is 1.12. The van der Waals surface area contributed by atoms with Crippen LogP contribution in [0.1, 0.15) is 29.8 Å². The van der Waals surface area contributed by atoms with E-state index in [0.29, 0.717) is 30.2 Å². The van der Waals surface area contributed by atoms with Gasteiger partial charge in [-0.05, 0) is 31.4 Å². The Morgan fingerprint density at radius 3 is 2.79 bits per heavy atom. The summed E-state index contributed by atoms with van der Waals surface area (Å²) < 4.78 is 5.31. The highest BCUT2D eigenvalue weighted by Gasteiger charge is 2.33. The van der Waals surface area contributed by atoms with E-state index < -0.39 is 0 Å². The number of nitrogens with zero attached hydrogens (tertiary/aromatic N) is 3. The molecule has 2 atom stereocenters. The normalized spacial score (nSPS) is 25.3. The Morgan fingerprint density at radius 2 is 2.12 bits per heavy atom. The van der Waals surface area contributed by atoms with Gasteiger partial charge in [0, 0.05) is 38.3 Å². The van der Waals surface area contributed by atoms with Gasteiger partial charge in [-0.2, -0.15) is 5.10 Å². The first-order chi connectivity index (χ1) is 11.7. The van der Waals surface area contributed by atoms with E-state index in [1.54, 1.807) is 18.4 Å². The van der Waals surface area contributed by atoms with E-state index in [0.717, 1.165) is 32.4 Å². The van der Waals surface area contributed by atoms with Crippen LogP contribution in [0.3, 0.4) is 0 Å². The van der Waals surface area contributed by atoms with E-state index in [1.807, 2.05) is 11.0 Å². The molecule has 2 aromatic rings. The van der Waals surface area contributed by atoms with Crippen LogP contribution in [0.15, 0.2) is 28.9 Å². The molecule has 1 aliphatic carbocycles. The van der Waals surface area contributed by atoms with Gasteiger partial charge in [-0.3, -0.25) is 14.8 Å². The molecule has 24 heavy (non-hydrogen) atoms. The number of nitrogens with one attached hydrogen (secondary N) is 1. The fourth-order valence-electron chi connectivity index (χ4n) is 3.75. The van der Waals surface area contributed by atoms with E-state index in [1.165, 1.54) is 0 Å². The zero-order valence-corrected chi connectivity index (χ0v) is 13.5. The summed E-state index contributed by atoms with van der Waals surface area (Å²) in [6.07, 6.45) is 4.42. The van der Waals surface area contributed by atoms with E-state index in [2.05, 4.69) is 15.1 Å². The molecule has 0 bridgehead atoms. The van der Waals surface area contributed by atoms with Crippen LogP contribution in [0.2, 0.25) is 0 Å². The van der Waals surface area contributed by atoms with Crippen LogP contribution in [0.4, 0.5) is 0 Å². The van der Waals surface area contributed by atoms with Crippen molar-refractivity contribution in [3.8, 4) is 11.5 Å². The molecule has 2 aliphatic rings. The van der Waals surface area contributed by atoms with Gasteiger partial charge in [0.2, 0.25) is 0 Å². The summed E-state index contributed by atoms with van der Waals surface area (Å²) in [5, 5.41) is 17.0. The Hall–Kier alpha value is -2.12. The number of H-pyrrole nitrogens is 1. The third kappa shape index (κ3) is 2.85. The number of aliphatic hydroxyl groups excluding tert-OH is 1. The second kappa shape index (κ2) is 6.41. The van der Waals surface area contributed by atoms with Crippen molar-refractivity contribution in [2.75, 3.05) is 26.2 Å². The standard InChI is InChI=1S/C17H22N4O3/c22-15-4-1-3-14(15)20-6-8-21(9-7-20)17(23)13-11-12(18-19-13)16-5-2-10-24-16/h2,5,10-11,14-15,22H,1,3-4,6-9H2,(H,18,19)/t14-,15+/m1/s1. The molecule has 1 amide bonds. The summed E-state index contributed by atoms with van der Waals surface area (Å²) in [5.74, 6) is 0.609. The van der Waals surface area contributed by atoms with Crippen LogP contribution in [0.25, 0.3) is 11.5 Å². The third-order valence-corrected chi connectivity index (χ3v) is 5.10. The number of hydrogen-bond acceptors (Lipinski definition) is 5. The minimum Gasteiger partial charge on any atom is -0.463 e. The molecule has 0 aromatic carbocycles. The molecule has 7 heteroatoms. The number of carbonyl (C=O) groups is 1. The molecule has 2 aromatic heterocycles. The summed E-state index contributed by atoms with van der Waals surface area (Å²) >= 11 is 0. The lowest BCUT2D eigenvalue weighted by Crippen LogP contribution is -2.53. The van der Waals surface area contributed by atoms with Crippen LogP contribution in [-0.2, 0) is 0 Å². The molecule has 0 spiro atoms. The molecule has 0 radical (unpaired) electrons. The summed E-state index contributed by atoms with van der Waals surface area (Å²) in [4.78, 5) is 16.8. The second-order valence-corrected chi connectivity index (χ2v) is 6.54. The number of piperazine rings is 1. The smallest absolute Gasteiger partial charge is 0.274 e. The van der Waals surface area contributed by atoms with Crippen molar-refractivity contribution in [1.82, 2.24) is 20.0 Å². The number of rotatable bonds is 3. The highest BCUT2D eigenvalue weighted by atomic mass is 16.3. The van der Waals surface area contributed by atoms with E-state index in [4.69, 9.17) is 4.42 Å². The molecule has 2 N–H and O–H groups in total. The number of aromatic amines is 1. The zero-order valence-electron chi connectivity index (χ0n) is 13.5. The van der Waals surface area contributed by atoms with Crippen molar-refractivity contribution in [1.29, 1.82) is 0 Å². The van der Waals surface area contributed by atoms with Gasteiger partial charge in [0.05, 0.1) is 12.4 Å². The summed E-state index contributed by atoms with van der Waals surface area (Å²) in [6.45, 7) is 2.96. The molecule has 0 unspecified atom stereocenters. The van der Waals surface area contributed by atoms with Crippen molar-refractivity contribution in [3.63, 3.8) is 0 Å². The van der Waals surface area contributed by atoms with E-state index >= 15 is 0 Å². The Bertz CT molecular complexity index is 689. The van der Waals surface area contributed by atoms with Gasteiger partial charge in [0.1, 0.15) is 5.69 Å². The maximum atomic E-state index is 12.6. The first kappa shape index (κ1) is 15.4. The van der Waals surface area contributed by atoms with Crippen molar-refractivity contribution in [3.05, 3.63) is 30.2 Å². The van der Waals surface area contributed by atoms with Crippen molar-refractivity contribution in [2.24, 2.45) is 0 Å². The molecule has 4 rings (SSSR count). The van der Waals surface area contributed by atoms with E-state index in [9.17, 15) is 9.90 Å². The average Bonchev–Trinajstić information content (AvgIpc) is 3.35. The van der Waals surface area contributed by atoms with Crippen molar-refractivity contribution >= 4 is 5.91 Å². The third-order valence-electron chi connectivity index (χ3n) is 5.10. The molecule has 7 nitrogen and oxygen atoms in total. The largest absolute Gasteiger partial charge is 0.463 e. The van der Waals surface area contributed by atoms with E-state index in [-0.39, 0.29) is 18.1 Å². The minimum absolute atomic E-state index is 0.0596. The van der Waals surface area contributed by atoms with Gasteiger partial charge in [-0.25, -0.2) is 0 Å². The maximum Gasteiger partial charge on any atom is 0.274 e. The molecule has 128 valence electrons. The first-order valence-electron chi connectivity index (χ1n) is 8.53. The number of aromatic nitrogens is 2. The van der Waals surface area contributed by atoms with Gasteiger partial charge >= 0.3 is 0 Å². The Labute approximate surface area is 140 Å². The SMILES string of the molecule is O=C(c1cc(-c2ccco2)[nH]n1)N1CCN([C@@H]2CCC[C@@H]2O)CC1. The monoisotopic (exact) mass is 330 g/mol. The number of amides is 1. The highest BCUT2D eigenvalue weighted by molar-refractivity contribution is 5.93. The molecular weight excluding hydrogens is 308 g/mol. The Kier molecular flexibility index (Phi) is 4.12. The summed E-state index contributed by atoms with van der Waals surface area (Å²) in [7, 11) is 0. The van der Waals surface area contributed by atoms with Crippen LogP contribution >= 0.6 is 0 Å². The molecule has 1 aliphatic heterocycles. The maximum absolute atomic E-state index is 12.6. The zero-order chi connectivity index (χ0) is 16.5. The highest BCUT2D eigenvalue weighted by Crippen LogP contribution is 2.25. The lowest BCUT2D eigenvalue weighted by Gasteiger charge is -2.38. The van der Waals surface area contributed by atoms with Gasteiger partial charge in [0.25, 0.3) is 5.91 Å². The topological polar surface area (TPSA) is 85.6 Å². The quantitative estimate of drug-likeness (QED) is 0.887. The van der Waals surface area contributed by atoms with Gasteiger partial charge < -0.3 is 14.4 Å². The molecule has 3 heterocycles. The van der Waals surface area contributed by atoms with Crippen molar-refractivity contribution < 1.29 is 14.3 Å². The minimum atomic E-state index is -0.213. The van der Waals surface area contributed by atoms with Crippen LogP contribution < -0.4 is 0 Å². The fourth-order valence-corrected chi connectivity index (χ4v) is 3.75. The van der Waals surface area contributed by atoms with Crippen LogP contribution in [0.5, 0.6) is 0 Å². The Morgan fingerprint density at radius 1 is 1.29 bits per heavy atom. The molecule has 1 saturated heterocycles. The number of aliphatic hydroxyl groups is 1. The molecule has 1 saturated carbocycles. The van der Waals surface area contributed by atoms with Gasteiger partial charge in [-0.1, -0.05) is 0 Å². The van der Waals surface area contributed by atoms with Crippen LogP contribution in [0, 0.1) is 0 Å². The predicted molar refractivity (Wildman–Crippen MR) is 87.4 cm³/mol. The van der Waals surface area contributed by atoms with Gasteiger partial charge in [0.15, 0.2) is 11.5 Å². The first-order valence-corrected chi connectivity index (χ1v) is 8.53. The fraction of sp³-hybridized carbons (Fsp3) is 0.529. The predicted octanol–water partition coefficient (Wildman–Crippen LogP) is 1.34. The average molecular weight is 330 g/mol. The number of furan rings is 1. The second-order valence-electron chi connectivity index (χ2n) is 6.54. The molecular formula is C17H22N4O3. The lowest BCUT2D eigenvalue weighted by atomic mass is 10.1.